The number of rotatable bonds is 9. The van der Waals surface area contributed by atoms with Crippen molar-refractivity contribution in [1.29, 1.82) is 0 Å². The topological polar surface area (TPSA) is 69.2 Å². The Labute approximate surface area is 215 Å². The molecule has 0 aliphatic carbocycles. The summed E-state index contributed by atoms with van der Waals surface area (Å²) in [4.78, 5) is 12.2. The summed E-state index contributed by atoms with van der Waals surface area (Å²) in [5.74, 6) is 1.34. The fraction of sp³-hybridized carbons (Fsp3) is 0.259. The monoisotopic (exact) mass is 514 g/mol. The third-order valence-corrected chi connectivity index (χ3v) is 5.79. The van der Waals surface area contributed by atoms with Crippen molar-refractivity contribution in [2.24, 2.45) is 5.10 Å². The van der Waals surface area contributed by atoms with Crippen molar-refractivity contribution in [2.75, 3.05) is 13.7 Å². The molecule has 1 N–H and O–H groups in total. The summed E-state index contributed by atoms with van der Waals surface area (Å²) in [7, 11) is 1.54. The molecule has 0 spiro atoms. The average molecular weight is 515 g/mol. The molecule has 0 aliphatic rings. The van der Waals surface area contributed by atoms with Gasteiger partial charge in [-0.2, -0.15) is 5.10 Å². The van der Waals surface area contributed by atoms with Gasteiger partial charge in [-0.1, -0.05) is 68.2 Å². The van der Waals surface area contributed by atoms with Crippen molar-refractivity contribution < 1.29 is 19.0 Å². The van der Waals surface area contributed by atoms with Gasteiger partial charge in [-0.05, 0) is 52.9 Å². The van der Waals surface area contributed by atoms with Crippen LogP contribution in [0.25, 0.3) is 0 Å². The van der Waals surface area contributed by atoms with Gasteiger partial charge in [0.15, 0.2) is 18.1 Å². The van der Waals surface area contributed by atoms with Gasteiger partial charge in [0.05, 0.1) is 13.3 Å². The second-order valence-electron chi connectivity index (χ2n) is 8.73. The summed E-state index contributed by atoms with van der Waals surface area (Å²) < 4.78 is 17.0. The summed E-state index contributed by atoms with van der Waals surface area (Å²) in [6.45, 7) is 6.32. The van der Waals surface area contributed by atoms with E-state index in [0.717, 1.165) is 5.56 Å². The maximum absolute atomic E-state index is 12.2. The fourth-order valence-corrected chi connectivity index (χ4v) is 3.78. The Hall–Kier alpha value is -3.22. The van der Waals surface area contributed by atoms with Crippen LogP contribution in [0.5, 0.6) is 17.2 Å². The molecule has 0 unspecified atom stereocenters. The highest BCUT2D eigenvalue weighted by Gasteiger charge is 2.18. The SMILES string of the molecule is COc1cc(/C=N/NC(=O)COc2ccccc2C(C)(C)C)ccc1OCc1c(Cl)cccc1Cl. The number of carbonyl (C=O) groups excluding carboxylic acids is 1. The Kier molecular flexibility index (Phi) is 9.01. The maximum Gasteiger partial charge on any atom is 0.277 e. The first-order valence-electron chi connectivity index (χ1n) is 11.0. The van der Waals surface area contributed by atoms with Crippen LogP contribution < -0.4 is 19.6 Å². The zero-order valence-corrected chi connectivity index (χ0v) is 21.6. The van der Waals surface area contributed by atoms with Crippen LogP contribution in [0.4, 0.5) is 0 Å². The second-order valence-corrected chi connectivity index (χ2v) is 9.54. The average Bonchev–Trinajstić information content (AvgIpc) is 2.82. The smallest absolute Gasteiger partial charge is 0.277 e. The summed E-state index contributed by atoms with van der Waals surface area (Å²) >= 11 is 12.4. The van der Waals surface area contributed by atoms with Crippen LogP contribution in [-0.2, 0) is 16.8 Å². The van der Waals surface area contributed by atoms with Gasteiger partial charge >= 0.3 is 0 Å². The number of amides is 1. The largest absolute Gasteiger partial charge is 0.493 e. The number of benzene rings is 3. The second kappa shape index (κ2) is 12.0. The maximum atomic E-state index is 12.2. The Bertz CT molecular complexity index is 1190. The van der Waals surface area contributed by atoms with Gasteiger partial charge in [0.25, 0.3) is 5.91 Å². The number of halogens is 2. The van der Waals surface area contributed by atoms with Crippen molar-refractivity contribution in [1.82, 2.24) is 5.43 Å². The van der Waals surface area contributed by atoms with E-state index in [1.165, 1.54) is 6.21 Å². The first-order valence-corrected chi connectivity index (χ1v) is 11.7. The molecule has 8 heteroatoms. The van der Waals surface area contributed by atoms with Crippen LogP contribution in [0.2, 0.25) is 10.0 Å². The van der Waals surface area contributed by atoms with Gasteiger partial charge < -0.3 is 14.2 Å². The normalized spacial score (nSPS) is 11.4. The predicted molar refractivity (Wildman–Crippen MR) is 140 cm³/mol. The molecule has 6 nitrogen and oxygen atoms in total. The van der Waals surface area contributed by atoms with Gasteiger partial charge in [0.2, 0.25) is 0 Å². The summed E-state index contributed by atoms with van der Waals surface area (Å²) in [6.07, 6.45) is 1.51. The molecule has 0 heterocycles. The molecular formula is C27H28Cl2N2O4. The van der Waals surface area contributed by atoms with Gasteiger partial charge in [-0.3, -0.25) is 4.79 Å². The summed E-state index contributed by atoms with van der Waals surface area (Å²) in [5, 5.41) is 5.07. The molecule has 3 rings (SSSR count). The molecule has 0 atom stereocenters. The quantitative estimate of drug-likeness (QED) is 0.264. The molecule has 0 bridgehead atoms. The Morgan fingerprint density at radius 2 is 1.66 bits per heavy atom. The van der Waals surface area contributed by atoms with Crippen molar-refractivity contribution in [3.63, 3.8) is 0 Å². The van der Waals surface area contributed by atoms with E-state index in [2.05, 4.69) is 31.3 Å². The highest BCUT2D eigenvalue weighted by molar-refractivity contribution is 6.35. The number of ether oxygens (including phenoxy) is 3. The van der Waals surface area contributed by atoms with E-state index in [-0.39, 0.29) is 24.5 Å². The summed E-state index contributed by atoms with van der Waals surface area (Å²) in [5.41, 5.74) is 4.81. The minimum absolute atomic E-state index is 0.0974. The van der Waals surface area contributed by atoms with E-state index < -0.39 is 0 Å². The van der Waals surface area contributed by atoms with E-state index in [1.807, 2.05) is 24.3 Å². The van der Waals surface area contributed by atoms with E-state index >= 15 is 0 Å². The molecule has 3 aromatic rings. The molecule has 0 aromatic heterocycles. The Morgan fingerprint density at radius 3 is 2.34 bits per heavy atom. The number of methoxy groups -OCH3 is 1. The lowest BCUT2D eigenvalue weighted by atomic mass is 9.86. The summed E-state index contributed by atoms with van der Waals surface area (Å²) in [6, 6.07) is 18.3. The number of nitrogens with zero attached hydrogens (tertiary/aromatic N) is 1. The molecule has 35 heavy (non-hydrogen) atoms. The van der Waals surface area contributed by atoms with Crippen molar-refractivity contribution in [3.05, 3.63) is 87.4 Å². The molecule has 0 aliphatic heterocycles. The number of hydrogen-bond donors (Lipinski definition) is 1. The van der Waals surface area contributed by atoms with Gasteiger partial charge in [-0.15, -0.1) is 0 Å². The molecule has 0 fully saturated rings. The zero-order chi connectivity index (χ0) is 25.4. The molecule has 0 saturated heterocycles. The molecular weight excluding hydrogens is 487 g/mol. The number of nitrogens with one attached hydrogen (secondary N) is 1. The first kappa shape index (κ1) is 26.4. The molecule has 1 amide bonds. The highest BCUT2D eigenvalue weighted by atomic mass is 35.5. The lowest BCUT2D eigenvalue weighted by Crippen LogP contribution is -2.25. The van der Waals surface area contributed by atoms with Gasteiger partial charge in [0, 0.05) is 15.6 Å². The van der Waals surface area contributed by atoms with Crippen LogP contribution in [-0.4, -0.2) is 25.8 Å². The van der Waals surface area contributed by atoms with E-state index in [0.29, 0.717) is 38.4 Å². The lowest BCUT2D eigenvalue weighted by Gasteiger charge is -2.22. The molecule has 0 saturated carbocycles. The third-order valence-electron chi connectivity index (χ3n) is 5.08. The minimum Gasteiger partial charge on any atom is -0.493 e. The number of carbonyl (C=O) groups is 1. The van der Waals surface area contributed by atoms with Crippen LogP contribution in [0, 0.1) is 0 Å². The van der Waals surface area contributed by atoms with E-state index in [9.17, 15) is 4.79 Å². The number of hydrazone groups is 1. The van der Waals surface area contributed by atoms with Gasteiger partial charge in [-0.25, -0.2) is 5.43 Å². The molecule has 0 radical (unpaired) electrons. The van der Waals surface area contributed by atoms with Crippen molar-refractivity contribution in [2.45, 2.75) is 32.8 Å². The minimum atomic E-state index is -0.367. The van der Waals surface area contributed by atoms with Crippen LogP contribution >= 0.6 is 23.2 Å². The third kappa shape index (κ3) is 7.38. The zero-order valence-electron chi connectivity index (χ0n) is 20.1. The van der Waals surface area contributed by atoms with Crippen LogP contribution in [0.3, 0.4) is 0 Å². The Balaban J connectivity index is 1.57. The van der Waals surface area contributed by atoms with E-state index in [4.69, 9.17) is 37.4 Å². The fourth-order valence-electron chi connectivity index (χ4n) is 3.27. The Morgan fingerprint density at radius 1 is 0.943 bits per heavy atom. The molecule has 3 aromatic carbocycles. The highest BCUT2D eigenvalue weighted by Crippen LogP contribution is 2.32. The van der Waals surface area contributed by atoms with Crippen molar-refractivity contribution >= 4 is 35.3 Å². The van der Waals surface area contributed by atoms with E-state index in [1.54, 1.807) is 43.5 Å². The van der Waals surface area contributed by atoms with Crippen LogP contribution in [0.1, 0.15) is 37.5 Å². The first-order chi connectivity index (χ1) is 16.7. The van der Waals surface area contributed by atoms with Crippen LogP contribution in [0.15, 0.2) is 65.8 Å². The molecule has 184 valence electrons. The lowest BCUT2D eigenvalue weighted by molar-refractivity contribution is -0.123. The number of hydrogen-bond acceptors (Lipinski definition) is 5. The predicted octanol–water partition coefficient (Wildman–Crippen LogP) is 6.41. The van der Waals surface area contributed by atoms with Gasteiger partial charge in [0.1, 0.15) is 12.4 Å². The number of para-hydroxylation sites is 1. The van der Waals surface area contributed by atoms with Crippen molar-refractivity contribution in [3.8, 4) is 17.2 Å². The standard InChI is InChI=1S/C27H28Cl2N2O4/c1-27(2,3)20-8-5-6-11-23(20)35-17-26(32)31-30-15-18-12-13-24(25(14-18)33-4)34-16-19-21(28)9-7-10-22(19)29/h5-15H,16-17H2,1-4H3,(H,31,32)/b30-15+.